The van der Waals surface area contributed by atoms with Crippen LogP contribution in [0.15, 0.2) is 42.6 Å². The van der Waals surface area contributed by atoms with E-state index in [1.54, 1.807) is 37.4 Å². The van der Waals surface area contributed by atoms with Crippen LogP contribution in [0.1, 0.15) is 18.1 Å². The second kappa shape index (κ2) is 4.74. The number of benzene rings is 1. The van der Waals surface area contributed by atoms with Crippen molar-refractivity contribution in [3.63, 3.8) is 0 Å². The Morgan fingerprint density at radius 2 is 1.94 bits per heavy atom. The van der Waals surface area contributed by atoms with Crippen molar-refractivity contribution >= 4 is 5.82 Å². The number of aromatic nitrogens is 1. The minimum Gasteiger partial charge on any atom is -0.385 e. The fourth-order valence-electron chi connectivity index (χ4n) is 1.91. The molecule has 18 heavy (non-hydrogen) atoms. The van der Waals surface area contributed by atoms with E-state index in [-0.39, 0.29) is 5.82 Å². The van der Waals surface area contributed by atoms with Gasteiger partial charge in [-0.1, -0.05) is 12.1 Å². The number of rotatable bonds is 3. The summed E-state index contributed by atoms with van der Waals surface area (Å²) in [4.78, 5) is 3.90. The van der Waals surface area contributed by atoms with Crippen LogP contribution in [-0.4, -0.2) is 10.1 Å². The van der Waals surface area contributed by atoms with E-state index >= 15 is 0 Å². The summed E-state index contributed by atoms with van der Waals surface area (Å²) < 4.78 is 12.8. The Bertz CT molecular complexity index is 538. The Morgan fingerprint density at radius 3 is 2.56 bits per heavy atom. The molecule has 3 N–H and O–H groups in total. The summed E-state index contributed by atoms with van der Waals surface area (Å²) in [7, 11) is 0. The predicted octanol–water partition coefficient (Wildman–Crippen LogP) is 2.25. The smallest absolute Gasteiger partial charge is 0.123 e. The molecule has 94 valence electrons. The Morgan fingerprint density at radius 1 is 1.28 bits per heavy atom. The van der Waals surface area contributed by atoms with Gasteiger partial charge in [0.1, 0.15) is 11.6 Å². The number of nitrogens with two attached hydrogens (primary N) is 1. The number of nitrogens with zero attached hydrogens (tertiary/aromatic N) is 1. The fraction of sp³-hybridized carbons (Fsp3) is 0.214. The largest absolute Gasteiger partial charge is 0.385 e. The van der Waals surface area contributed by atoms with Crippen LogP contribution in [0.2, 0.25) is 0 Å². The van der Waals surface area contributed by atoms with Gasteiger partial charge in [0.2, 0.25) is 0 Å². The molecule has 0 spiro atoms. The molecule has 0 aliphatic rings. The van der Waals surface area contributed by atoms with Crippen molar-refractivity contribution in [2.75, 3.05) is 5.73 Å². The first-order valence-corrected chi connectivity index (χ1v) is 5.66. The van der Waals surface area contributed by atoms with E-state index in [2.05, 4.69) is 4.98 Å². The number of anilines is 1. The minimum atomic E-state index is -1.07. The maximum Gasteiger partial charge on any atom is 0.123 e. The Hall–Kier alpha value is -1.94. The van der Waals surface area contributed by atoms with Crippen LogP contribution >= 0.6 is 0 Å². The molecule has 1 heterocycles. The lowest BCUT2D eigenvalue weighted by Crippen LogP contribution is -2.24. The number of pyridine rings is 1. The molecule has 0 amide bonds. The van der Waals surface area contributed by atoms with Crippen LogP contribution in [0.25, 0.3) is 0 Å². The summed E-state index contributed by atoms with van der Waals surface area (Å²) in [5, 5.41) is 10.4. The number of hydrogen-bond donors (Lipinski definition) is 2. The first kappa shape index (κ1) is 12.5. The molecule has 1 aromatic heterocycles. The van der Waals surface area contributed by atoms with Gasteiger partial charge in [-0.15, -0.1) is 0 Å². The SMILES string of the molecule is CC(O)(Cc1ccnc(N)c1)c1ccc(F)cc1. The number of aliphatic hydroxyl groups is 1. The van der Waals surface area contributed by atoms with Gasteiger partial charge in [0, 0.05) is 12.6 Å². The third kappa shape index (κ3) is 2.84. The zero-order valence-electron chi connectivity index (χ0n) is 10.1. The summed E-state index contributed by atoms with van der Waals surface area (Å²) in [5.41, 5.74) is 6.08. The van der Waals surface area contributed by atoms with Gasteiger partial charge in [0.25, 0.3) is 0 Å². The van der Waals surface area contributed by atoms with Gasteiger partial charge in [-0.05, 0) is 42.3 Å². The lowest BCUT2D eigenvalue weighted by atomic mass is 9.89. The zero-order chi connectivity index (χ0) is 13.2. The minimum absolute atomic E-state index is 0.317. The van der Waals surface area contributed by atoms with Crippen LogP contribution in [0.4, 0.5) is 10.2 Å². The lowest BCUT2D eigenvalue weighted by molar-refractivity contribution is 0.0575. The summed E-state index contributed by atoms with van der Waals surface area (Å²) in [6.07, 6.45) is 2.00. The van der Waals surface area contributed by atoms with Crippen LogP contribution in [0.5, 0.6) is 0 Å². The van der Waals surface area contributed by atoms with E-state index in [1.807, 2.05) is 0 Å². The van der Waals surface area contributed by atoms with Gasteiger partial charge < -0.3 is 10.8 Å². The Labute approximate surface area is 105 Å². The molecule has 4 heteroatoms. The molecule has 0 aliphatic heterocycles. The second-order valence-corrected chi connectivity index (χ2v) is 4.55. The highest BCUT2D eigenvalue weighted by atomic mass is 19.1. The molecule has 1 unspecified atom stereocenters. The summed E-state index contributed by atoms with van der Waals surface area (Å²) in [6, 6.07) is 9.36. The first-order chi connectivity index (χ1) is 8.47. The molecule has 3 nitrogen and oxygen atoms in total. The standard InChI is InChI=1S/C14H15FN2O/c1-14(18,11-2-4-12(15)5-3-11)9-10-6-7-17-13(16)8-10/h2-8,18H,9H2,1H3,(H2,16,17). The van der Waals surface area contributed by atoms with E-state index < -0.39 is 5.60 Å². The number of halogens is 1. The van der Waals surface area contributed by atoms with E-state index in [0.717, 1.165) is 5.56 Å². The lowest BCUT2D eigenvalue weighted by Gasteiger charge is -2.24. The van der Waals surface area contributed by atoms with Crippen LogP contribution in [0.3, 0.4) is 0 Å². The Kier molecular flexibility index (Phi) is 3.30. The van der Waals surface area contributed by atoms with Gasteiger partial charge in [-0.3, -0.25) is 0 Å². The third-order valence-electron chi connectivity index (χ3n) is 2.86. The summed E-state index contributed by atoms with van der Waals surface area (Å²) in [5.74, 6) is 0.102. The van der Waals surface area contributed by atoms with Crippen molar-refractivity contribution < 1.29 is 9.50 Å². The van der Waals surface area contributed by atoms with Gasteiger partial charge >= 0.3 is 0 Å². The van der Waals surface area contributed by atoms with E-state index in [4.69, 9.17) is 5.73 Å². The first-order valence-electron chi connectivity index (χ1n) is 5.66. The van der Waals surface area contributed by atoms with Crippen molar-refractivity contribution in [1.29, 1.82) is 0 Å². The van der Waals surface area contributed by atoms with Gasteiger partial charge in [-0.25, -0.2) is 9.37 Å². The summed E-state index contributed by atoms with van der Waals surface area (Å²) >= 11 is 0. The molecule has 1 atom stereocenters. The maximum atomic E-state index is 12.8. The van der Waals surface area contributed by atoms with Crippen molar-refractivity contribution in [3.05, 3.63) is 59.5 Å². The highest BCUT2D eigenvalue weighted by Crippen LogP contribution is 2.25. The predicted molar refractivity (Wildman–Crippen MR) is 68.3 cm³/mol. The molecule has 0 radical (unpaired) electrons. The molecule has 0 saturated carbocycles. The second-order valence-electron chi connectivity index (χ2n) is 4.55. The molecule has 1 aromatic carbocycles. The van der Waals surface area contributed by atoms with Gasteiger partial charge in [0.05, 0.1) is 5.60 Å². The van der Waals surface area contributed by atoms with Crippen molar-refractivity contribution in [2.24, 2.45) is 0 Å². The van der Waals surface area contributed by atoms with Gasteiger partial charge in [-0.2, -0.15) is 0 Å². The van der Waals surface area contributed by atoms with Crippen LogP contribution in [0, 0.1) is 5.82 Å². The molecule has 2 aromatic rings. The van der Waals surface area contributed by atoms with Crippen LogP contribution in [-0.2, 0) is 12.0 Å². The number of hydrogen-bond acceptors (Lipinski definition) is 3. The van der Waals surface area contributed by atoms with E-state index in [9.17, 15) is 9.50 Å². The Balaban J connectivity index is 2.23. The van der Waals surface area contributed by atoms with Gasteiger partial charge in [0.15, 0.2) is 0 Å². The zero-order valence-corrected chi connectivity index (χ0v) is 10.1. The van der Waals surface area contributed by atoms with Crippen LogP contribution < -0.4 is 5.73 Å². The molecule has 0 aliphatic carbocycles. The molecular formula is C14H15FN2O. The van der Waals surface area contributed by atoms with E-state index in [1.165, 1.54) is 12.1 Å². The monoisotopic (exact) mass is 246 g/mol. The van der Waals surface area contributed by atoms with Crippen molar-refractivity contribution in [2.45, 2.75) is 18.9 Å². The topological polar surface area (TPSA) is 59.1 Å². The average molecular weight is 246 g/mol. The number of nitrogen functional groups attached to an aromatic ring is 1. The van der Waals surface area contributed by atoms with Crippen molar-refractivity contribution in [3.8, 4) is 0 Å². The molecular weight excluding hydrogens is 231 g/mol. The quantitative estimate of drug-likeness (QED) is 0.873. The highest BCUT2D eigenvalue weighted by Gasteiger charge is 2.23. The highest BCUT2D eigenvalue weighted by molar-refractivity contribution is 5.34. The fourth-order valence-corrected chi connectivity index (χ4v) is 1.91. The third-order valence-corrected chi connectivity index (χ3v) is 2.86. The normalized spacial score (nSPS) is 14.2. The molecule has 0 fully saturated rings. The van der Waals surface area contributed by atoms with E-state index in [0.29, 0.717) is 17.8 Å². The average Bonchev–Trinajstić information content (AvgIpc) is 2.29. The maximum absolute atomic E-state index is 12.8. The molecule has 0 bridgehead atoms. The summed E-state index contributed by atoms with van der Waals surface area (Å²) in [6.45, 7) is 1.69. The molecule has 2 rings (SSSR count). The molecule has 0 saturated heterocycles. The van der Waals surface area contributed by atoms with Crippen molar-refractivity contribution in [1.82, 2.24) is 4.98 Å².